The normalized spacial score (nSPS) is 42.6. The number of rotatable bonds is 1. The van der Waals surface area contributed by atoms with Crippen molar-refractivity contribution in [2.45, 2.75) is 30.9 Å². The fraction of sp³-hybridized carbons (Fsp3) is 0.833. The molecule has 1 fully saturated rings. The van der Waals surface area contributed by atoms with E-state index in [4.69, 9.17) is 20.4 Å². The average Bonchev–Trinajstić information content (AvgIpc) is 1.99. The van der Waals surface area contributed by atoms with E-state index in [1.165, 1.54) is 0 Å². The third-order valence-electron chi connectivity index (χ3n) is 1.86. The molecule has 4 unspecified atom stereocenters. The van der Waals surface area contributed by atoms with Gasteiger partial charge in [0.2, 0.25) is 0 Å². The van der Waals surface area contributed by atoms with Crippen molar-refractivity contribution in [1.29, 1.82) is 0 Å². The van der Waals surface area contributed by atoms with E-state index in [0.717, 1.165) is 0 Å². The molecule has 0 bridgehead atoms. The van der Waals surface area contributed by atoms with Gasteiger partial charge in [-0.25, -0.2) is 0 Å². The third-order valence-corrected chi connectivity index (χ3v) is 1.86. The topological polar surface area (TPSA) is 110 Å². The number of nitrogens with one attached hydrogen (secondary N) is 1. The predicted molar refractivity (Wildman–Crippen MR) is 37.2 cm³/mol. The maximum absolute atomic E-state index is 10.4. The lowest BCUT2D eigenvalue weighted by molar-refractivity contribution is -0.151. The number of hydrogen-bond acceptors (Lipinski definition) is 5. The summed E-state index contributed by atoms with van der Waals surface area (Å²) >= 11 is 0. The van der Waals surface area contributed by atoms with Crippen LogP contribution in [0.25, 0.3) is 0 Å². The Balaban J connectivity index is 2.59. The molecule has 0 spiro atoms. The molecule has 1 saturated heterocycles. The van der Waals surface area contributed by atoms with Gasteiger partial charge in [-0.1, -0.05) is 0 Å². The molecule has 0 amide bonds. The summed E-state index contributed by atoms with van der Waals surface area (Å²) in [5, 5.41) is 37.8. The zero-order valence-electron chi connectivity index (χ0n) is 6.21. The maximum atomic E-state index is 10.4. The Morgan fingerprint density at radius 3 is 2.33 bits per heavy atom. The second-order valence-corrected chi connectivity index (χ2v) is 2.80. The molecule has 0 aliphatic carbocycles. The van der Waals surface area contributed by atoms with Crippen LogP contribution in [0.15, 0.2) is 0 Å². The molecule has 12 heavy (non-hydrogen) atoms. The highest BCUT2D eigenvalue weighted by Crippen LogP contribution is 2.12. The number of carbonyl (C=O) groups is 1. The molecule has 0 saturated carbocycles. The Morgan fingerprint density at radius 2 is 1.92 bits per heavy atom. The van der Waals surface area contributed by atoms with E-state index in [2.05, 4.69) is 5.32 Å². The second-order valence-electron chi connectivity index (χ2n) is 2.80. The quantitative estimate of drug-likeness (QED) is 0.302. The number of carboxylic acids is 1. The van der Waals surface area contributed by atoms with E-state index < -0.39 is 30.4 Å². The lowest BCUT2D eigenvalue weighted by Gasteiger charge is -2.33. The molecule has 4 atom stereocenters. The Kier molecular flexibility index (Phi) is 2.63. The highest BCUT2D eigenvalue weighted by molar-refractivity contribution is 5.73. The van der Waals surface area contributed by atoms with Gasteiger partial charge in [0, 0.05) is 6.42 Å². The van der Waals surface area contributed by atoms with E-state index in [0.29, 0.717) is 0 Å². The highest BCUT2D eigenvalue weighted by atomic mass is 16.4. The zero-order chi connectivity index (χ0) is 9.30. The van der Waals surface area contributed by atoms with Crippen LogP contribution >= 0.6 is 0 Å². The number of piperidine rings is 1. The van der Waals surface area contributed by atoms with Gasteiger partial charge in [0.1, 0.15) is 18.4 Å². The van der Waals surface area contributed by atoms with Crippen LogP contribution in [0, 0.1) is 0 Å². The van der Waals surface area contributed by atoms with Gasteiger partial charge in [0.25, 0.3) is 0 Å². The SMILES string of the molecule is O=C(O)C1CC(O)C(O)C(O)N1. The minimum Gasteiger partial charge on any atom is -0.480 e. The standard InChI is InChI=1S/C6H11NO5/c8-3-1-2(6(11)12)7-5(10)4(3)9/h2-5,7-10H,1H2,(H,11,12). The summed E-state index contributed by atoms with van der Waals surface area (Å²) in [5.74, 6) is -1.15. The van der Waals surface area contributed by atoms with E-state index in [-0.39, 0.29) is 6.42 Å². The minimum atomic E-state index is -1.38. The molecule has 0 radical (unpaired) electrons. The first-order valence-corrected chi connectivity index (χ1v) is 3.55. The fourth-order valence-corrected chi connectivity index (χ4v) is 1.14. The van der Waals surface area contributed by atoms with Crippen LogP contribution < -0.4 is 5.32 Å². The lowest BCUT2D eigenvalue weighted by atomic mass is 9.98. The van der Waals surface area contributed by atoms with Crippen LogP contribution in [0.3, 0.4) is 0 Å². The molecular weight excluding hydrogens is 166 g/mol. The molecule has 0 aromatic heterocycles. The summed E-state index contributed by atoms with van der Waals surface area (Å²) in [5.41, 5.74) is 0. The van der Waals surface area contributed by atoms with Gasteiger partial charge in [0.05, 0.1) is 6.10 Å². The van der Waals surface area contributed by atoms with Crippen LogP contribution in [0.1, 0.15) is 6.42 Å². The van der Waals surface area contributed by atoms with Gasteiger partial charge in [-0.2, -0.15) is 0 Å². The van der Waals surface area contributed by atoms with E-state index in [1.54, 1.807) is 0 Å². The molecular formula is C6H11NO5. The van der Waals surface area contributed by atoms with Gasteiger partial charge in [-0.15, -0.1) is 0 Å². The van der Waals surface area contributed by atoms with Crippen LogP contribution in [-0.4, -0.2) is 50.9 Å². The molecule has 1 aliphatic heterocycles. The van der Waals surface area contributed by atoms with Crippen LogP contribution in [-0.2, 0) is 4.79 Å². The third kappa shape index (κ3) is 1.72. The number of carboxylic acid groups (broad SMARTS) is 1. The molecule has 0 aromatic rings. The first kappa shape index (κ1) is 9.40. The molecule has 1 heterocycles. The molecule has 0 aromatic carbocycles. The molecule has 5 N–H and O–H groups in total. The summed E-state index contributed by atoms with van der Waals surface area (Å²) in [4.78, 5) is 10.4. The van der Waals surface area contributed by atoms with Gasteiger partial charge in [0.15, 0.2) is 0 Å². The molecule has 6 heteroatoms. The number of aliphatic carboxylic acids is 1. The monoisotopic (exact) mass is 177 g/mol. The highest BCUT2D eigenvalue weighted by Gasteiger charge is 2.37. The minimum absolute atomic E-state index is 0.104. The summed E-state index contributed by atoms with van der Waals surface area (Å²) in [6.07, 6.45) is -3.99. The summed E-state index contributed by atoms with van der Waals surface area (Å²) in [6.45, 7) is 0. The van der Waals surface area contributed by atoms with Gasteiger partial charge < -0.3 is 20.4 Å². The number of aliphatic hydroxyl groups is 3. The Morgan fingerprint density at radius 1 is 1.33 bits per heavy atom. The van der Waals surface area contributed by atoms with Crippen molar-refractivity contribution in [3.05, 3.63) is 0 Å². The van der Waals surface area contributed by atoms with Crippen molar-refractivity contribution in [2.24, 2.45) is 0 Å². The first-order valence-electron chi connectivity index (χ1n) is 3.55. The van der Waals surface area contributed by atoms with Crippen molar-refractivity contribution < 1.29 is 25.2 Å². The Bertz CT molecular complexity index is 173. The zero-order valence-corrected chi connectivity index (χ0v) is 6.21. The van der Waals surface area contributed by atoms with Crippen LogP contribution in [0.4, 0.5) is 0 Å². The maximum Gasteiger partial charge on any atom is 0.320 e. The Labute approximate surface area is 68.4 Å². The molecule has 1 aliphatic rings. The summed E-state index contributed by atoms with van der Waals surface area (Å²) < 4.78 is 0. The summed E-state index contributed by atoms with van der Waals surface area (Å²) in [6, 6.07) is -1.00. The van der Waals surface area contributed by atoms with Crippen molar-refractivity contribution >= 4 is 5.97 Å². The number of hydrogen-bond donors (Lipinski definition) is 5. The van der Waals surface area contributed by atoms with Gasteiger partial charge in [-0.3, -0.25) is 10.1 Å². The number of aliphatic hydroxyl groups excluding tert-OH is 3. The molecule has 1 rings (SSSR count). The fourth-order valence-electron chi connectivity index (χ4n) is 1.14. The van der Waals surface area contributed by atoms with Crippen molar-refractivity contribution in [1.82, 2.24) is 5.32 Å². The van der Waals surface area contributed by atoms with Crippen LogP contribution in [0.2, 0.25) is 0 Å². The predicted octanol–water partition coefficient (Wildman–Crippen LogP) is -2.53. The van der Waals surface area contributed by atoms with Crippen molar-refractivity contribution in [3.63, 3.8) is 0 Å². The smallest absolute Gasteiger partial charge is 0.320 e. The lowest BCUT2D eigenvalue weighted by Crippen LogP contribution is -2.59. The van der Waals surface area contributed by atoms with Gasteiger partial charge >= 0.3 is 5.97 Å². The Hall–Kier alpha value is -0.690. The van der Waals surface area contributed by atoms with Gasteiger partial charge in [-0.05, 0) is 0 Å². The second kappa shape index (κ2) is 3.36. The van der Waals surface area contributed by atoms with Crippen LogP contribution in [0.5, 0.6) is 0 Å². The molecule has 70 valence electrons. The van der Waals surface area contributed by atoms with Crippen molar-refractivity contribution in [3.8, 4) is 0 Å². The van der Waals surface area contributed by atoms with E-state index in [1.807, 2.05) is 0 Å². The van der Waals surface area contributed by atoms with E-state index >= 15 is 0 Å². The van der Waals surface area contributed by atoms with Crippen molar-refractivity contribution in [2.75, 3.05) is 0 Å². The largest absolute Gasteiger partial charge is 0.480 e. The van der Waals surface area contributed by atoms with E-state index in [9.17, 15) is 4.79 Å². The molecule has 6 nitrogen and oxygen atoms in total. The average molecular weight is 177 g/mol. The summed E-state index contributed by atoms with van der Waals surface area (Å²) in [7, 11) is 0. The first-order chi connectivity index (χ1) is 5.52.